The Hall–Kier alpha value is -2.31. The quantitative estimate of drug-likeness (QED) is 0.631. The van der Waals surface area contributed by atoms with Crippen molar-refractivity contribution in [2.24, 2.45) is 0 Å². The summed E-state index contributed by atoms with van der Waals surface area (Å²) in [6, 6.07) is 2.75. The fraction of sp³-hybridized carbons (Fsp3) is 0.417. The molecule has 0 saturated heterocycles. The third-order valence-electron chi connectivity index (χ3n) is 2.14. The van der Waals surface area contributed by atoms with Crippen molar-refractivity contribution < 1.29 is 19.2 Å². The molecule has 0 fully saturated rings. The lowest BCUT2D eigenvalue weighted by Crippen LogP contribution is -2.08. The van der Waals surface area contributed by atoms with Gasteiger partial charge in [-0.15, -0.1) is 0 Å². The highest BCUT2D eigenvalue weighted by molar-refractivity contribution is 5.89. The summed E-state index contributed by atoms with van der Waals surface area (Å²) >= 11 is 0. The Morgan fingerprint density at radius 2 is 1.95 bits per heavy atom. The smallest absolute Gasteiger partial charge is 0.316 e. The number of rotatable bonds is 6. The summed E-state index contributed by atoms with van der Waals surface area (Å²) in [7, 11) is 0. The zero-order valence-corrected chi connectivity index (χ0v) is 11.1. The fourth-order valence-corrected chi connectivity index (χ4v) is 1.55. The van der Waals surface area contributed by atoms with Crippen LogP contribution in [0.5, 0.6) is 11.5 Å². The molecular weight excluding hydrogens is 252 g/mol. The minimum atomic E-state index is -0.571. The second-order valence-electron chi connectivity index (χ2n) is 3.63. The number of nitro groups is 1. The molecule has 104 valence electrons. The maximum Gasteiger partial charge on any atom is 0.316 e. The first kappa shape index (κ1) is 14.7. The van der Waals surface area contributed by atoms with Crippen molar-refractivity contribution in [1.29, 1.82) is 0 Å². The number of amides is 1. The molecule has 0 aliphatic rings. The number of carbonyl (C=O) groups excluding carboxylic acids is 1. The topological polar surface area (TPSA) is 90.7 Å². The summed E-state index contributed by atoms with van der Waals surface area (Å²) in [5.74, 6) is -0.00772. The van der Waals surface area contributed by atoms with Crippen molar-refractivity contribution in [2.45, 2.75) is 20.8 Å². The predicted molar refractivity (Wildman–Crippen MR) is 69.7 cm³/mol. The molecule has 0 spiro atoms. The number of ether oxygens (including phenoxy) is 2. The van der Waals surface area contributed by atoms with Crippen LogP contribution in [0.2, 0.25) is 0 Å². The first-order valence-corrected chi connectivity index (χ1v) is 5.85. The minimum absolute atomic E-state index is 0.0726. The van der Waals surface area contributed by atoms with Gasteiger partial charge in [0, 0.05) is 19.1 Å². The van der Waals surface area contributed by atoms with E-state index in [1.54, 1.807) is 13.8 Å². The van der Waals surface area contributed by atoms with Gasteiger partial charge in [0.05, 0.1) is 23.8 Å². The number of carbonyl (C=O) groups is 1. The van der Waals surface area contributed by atoms with Gasteiger partial charge in [-0.2, -0.15) is 0 Å². The molecule has 1 N–H and O–H groups in total. The van der Waals surface area contributed by atoms with Gasteiger partial charge in [0.25, 0.3) is 0 Å². The number of anilines is 1. The molecule has 0 unspecified atom stereocenters. The lowest BCUT2D eigenvalue weighted by atomic mass is 10.2. The molecule has 0 aromatic heterocycles. The van der Waals surface area contributed by atoms with E-state index in [0.29, 0.717) is 12.3 Å². The molecule has 0 bridgehead atoms. The van der Waals surface area contributed by atoms with Gasteiger partial charge >= 0.3 is 5.69 Å². The van der Waals surface area contributed by atoms with Crippen LogP contribution in [-0.2, 0) is 4.79 Å². The normalized spacial score (nSPS) is 9.84. The highest BCUT2D eigenvalue weighted by atomic mass is 16.6. The third-order valence-corrected chi connectivity index (χ3v) is 2.14. The average Bonchev–Trinajstić information content (AvgIpc) is 2.31. The van der Waals surface area contributed by atoms with Crippen molar-refractivity contribution in [2.75, 3.05) is 18.5 Å². The van der Waals surface area contributed by atoms with E-state index in [2.05, 4.69) is 5.32 Å². The second kappa shape index (κ2) is 6.58. The molecule has 0 radical (unpaired) electrons. The van der Waals surface area contributed by atoms with Crippen LogP contribution >= 0.6 is 0 Å². The summed E-state index contributed by atoms with van der Waals surface area (Å²) in [4.78, 5) is 21.5. The molecule has 0 atom stereocenters. The number of nitrogens with one attached hydrogen (secondary N) is 1. The molecular formula is C12H16N2O5. The predicted octanol–water partition coefficient (Wildman–Crippen LogP) is 2.35. The third kappa shape index (κ3) is 3.84. The van der Waals surface area contributed by atoms with Gasteiger partial charge in [0.1, 0.15) is 0 Å². The molecule has 1 amide bonds. The average molecular weight is 268 g/mol. The number of nitrogens with zero attached hydrogens (tertiary/aromatic N) is 1. The van der Waals surface area contributed by atoms with Gasteiger partial charge in [0.2, 0.25) is 11.7 Å². The van der Waals surface area contributed by atoms with E-state index in [1.165, 1.54) is 19.1 Å². The Labute approximate surface area is 110 Å². The summed E-state index contributed by atoms with van der Waals surface area (Å²) in [5.41, 5.74) is 0.0580. The maximum absolute atomic E-state index is 11.0. The van der Waals surface area contributed by atoms with Gasteiger partial charge < -0.3 is 14.8 Å². The SMILES string of the molecule is CCOc1cc(NC(C)=O)cc([N+](=O)[O-])c1OCC. The number of hydrogen-bond acceptors (Lipinski definition) is 5. The maximum atomic E-state index is 11.0. The van der Waals surface area contributed by atoms with Gasteiger partial charge in [-0.1, -0.05) is 0 Å². The zero-order chi connectivity index (χ0) is 14.4. The summed E-state index contributed by atoms with van der Waals surface area (Å²) in [6.07, 6.45) is 0. The molecule has 0 aliphatic heterocycles. The van der Waals surface area contributed by atoms with E-state index >= 15 is 0 Å². The largest absolute Gasteiger partial charge is 0.490 e. The molecule has 1 aromatic rings. The molecule has 0 heterocycles. The Bertz CT molecular complexity index is 487. The van der Waals surface area contributed by atoms with E-state index in [1.807, 2.05) is 0 Å². The molecule has 0 aliphatic carbocycles. The van der Waals surface area contributed by atoms with Crippen LogP contribution in [0, 0.1) is 10.1 Å². The van der Waals surface area contributed by atoms with E-state index in [0.717, 1.165) is 0 Å². The highest BCUT2D eigenvalue weighted by Gasteiger charge is 2.22. The van der Waals surface area contributed by atoms with Gasteiger partial charge in [0.15, 0.2) is 5.75 Å². The summed E-state index contributed by atoms with van der Waals surface area (Å²) < 4.78 is 10.6. The van der Waals surface area contributed by atoms with Crippen LogP contribution < -0.4 is 14.8 Å². The van der Waals surface area contributed by atoms with E-state index in [9.17, 15) is 14.9 Å². The molecule has 1 rings (SSSR count). The Kier molecular flexibility index (Phi) is 5.11. The lowest BCUT2D eigenvalue weighted by Gasteiger charge is -2.13. The highest BCUT2D eigenvalue weighted by Crippen LogP contribution is 2.40. The van der Waals surface area contributed by atoms with Crippen LogP contribution in [-0.4, -0.2) is 24.0 Å². The zero-order valence-electron chi connectivity index (χ0n) is 11.1. The molecule has 0 saturated carbocycles. The Morgan fingerprint density at radius 3 is 2.42 bits per heavy atom. The molecule has 7 nitrogen and oxygen atoms in total. The number of nitro benzene ring substituents is 1. The lowest BCUT2D eigenvalue weighted by molar-refractivity contribution is -0.385. The summed E-state index contributed by atoms with van der Waals surface area (Å²) in [6.45, 7) is 5.41. The summed E-state index contributed by atoms with van der Waals surface area (Å²) in [5, 5.41) is 13.5. The van der Waals surface area contributed by atoms with Crippen LogP contribution in [0.3, 0.4) is 0 Å². The van der Waals surface area contributed by atoms with E-state index in [-0.39, 0.29) is 29.7 Å². The first-order chi connectivity index (χ1) is 8.99. The standard InChI is InChI=1S/C12H16N2O5/c1-4-18-11-7-9(13-8(3)15)6-10(14(16)17)12(11)19-5-2/h6-7H,4-5H2,1-3H3,(H,13,15). The first-order valence-electron chi connectivity index (χ1n) is 5.85. The number of hydrogen-bond donors (Lipinski definition) is 1. The number of benzene rings is 1. The van der Waals surface area contributed by atoms with E-state index in [4.69, 9.17) is 9.47 Å². The minimum Gasteiger partial charge on any atom is -0.490 e. The van der Waals surface area contributed by atoms with Crippen LogP contribution in [0.4, 0.5) is 11.4 Å². The van der Waals surface area contributed by atoms with Crippen molar-refractivity contribution in [3.8, 4) is 11.5 Å². The molecule has 19 heavy (non-hydrogen) atoms. The fourth-order valence-electron chi connectivity index (χ4n) is 1.55. The Morgan fingerprint density at radius 1 is 1.32 bits per heavy atom. The monoisotopic (exact) mass is 268 g/mol. The van der Waals surface area contributed by atoms with Crippen molar-refractivity contribution in [1.82, 2.24) is 0 Å². The Balaban J connectivity index is 3.33. The van der Waals surface area contributed by atoms with Crippen LogP contribution in [0.25, 0.3) is 0 Å². The van der Waals surface area contributed by atoms with Crippen molar-refractivity contribution in [3.63, 3.8) is 0 Å². The second-order valence-corrected chi connectivity index (χ2v) is 3.63. The van der Waals surface area contributed by atoms with Crippen molar-refractivity contribution in [3.05, 3.63) is 22.2 Å². The van der Waals surface area contributed by atoms with E-state index < -0.39 is 4.92 Å². The van der Waals surface area contributed by atoms with Gasteiger partial charge in [-0.3, -0.25) is 14.9 Å². The van der Waals surface area contributed by atoms with Crippen LogP contribution in [0.15, 0.2) is 12.1 Å². The van der Waals surface area contributed by atoms with Crippen molar-refractivity contribution >= 4 is 17.3 Å². The molecule has 7 heteroatoms. The van der Waals surface area contributed by atoms with Gasteiger partial charge in [-0.25, -0.2) is 0 Å². The van der Waals surface area contributed by atoms with Gasteiger partial charge in [-0.05, 0) is 13.8 Å². The molecule has 1 aromatic carbocycles. The van der Waals surface area contributed by atoms with Crippen LogP contribution in [0.1, 0.15) is 20.8 Å².